The number of aryl methyl sites for hydroxylation is 1. The van der Waals surface area contributed by atoms with Crippen LogP contribution in [-0.4, -0.2) is 21.9 Å². The summed E-state index contributed by atoms with van der Waals surface area (Å²) in [6.45, 7) is 1.71. The number of furan rings is 1. The molecule has 1 aliphatic rings. The molecule has 2 aromatic carbocycles. The topological polar surface area (TPSA) is 106 Å². The van der Waals surface area contributed by atoms with Gasteiger partial charge in [0.15, 0.2) is 5.11 Å². The molecule has 0 atom stereocenters. The Bertz CT molecular complexity index is 1310. The Morgan fingerprint density at radius 1 is 1.12 bits per heavy atom. The van der Waals surface area contributed by atoms with Crippen LogP contribution in [0.25, 0.3) is 17.4 Å². The van der Waals surface area contributed by atoms with Crippen molar-refractivity contribution in [1.29, 1.82) is 0 Å². The molecule has 0 bridgehead atoms. The van der Waals surface area contributed by atoms with Gasteiger partial charge in [-0.25, -0.2) is 4.39 Å². The van der Waals surface area contributed by atoms with E-state index >= 15 is 0 Å². The summed E-state index contributed by atoms with van der Waals surface area (Å²) in [5.41, 5.74) is 1.31. The van der Waals surface area contributed by atoms with Gasteiger partial charge in [-0.2, -0.15) is 0 Å². The van der Waals surface area contributed by atoms with Crippen LogP contribution >= 0.6 is 12.2 Å². The van der Waals surface area contributed by atoms with Crippen LogP contribution in [0.4, 0.5) is 15.8 Å². The number of benzene rings is 2. The highest BCUT2D eigenvalue weighted by Crippen LogP contribution is 2.30. The summed E-state index contributed by atoms with van der Waals surface area (Å²) >= 11 is 5.11. The fourth-order valence-electron chi connectivity index (χ4n) is 3.24. The summed E-state index contributed by atoms with van der Waals surface area (Å²) < 4.78 is 19.0. The molecule has 1 fully saturated rings. The first-order valence-electron chi connectivity index (χ1n) is 9.27. The molecule has 0 spiro atoms. The number of nitrogens with zero attached hydrogens (tertiary/aromatic N) is 2. The summed E-state index contributed by atoms with van der Waals surface area (Å²) in [4.78, 5) is 36.9. The summed E-state index contributed by atoms with van der Waals surface area (Å²) in [7, 11) is 0. The van der Waals surface area contributed by atoms with Crippen molar-refractivity contribution >= 4 is 46.6 Å². The van der Waals surface area contributed by atoms with Gasteiger partial charge in [-0.1, -0.05) is 0 Å². The minimum Gasteiger partial charge on any atom is -0.457 e. The minimum atomic E-state index is -0.692. The van der Waals surface area contributed by atoms with Crippen molar-refractivity contribution in [3.05, 3.63) is 87.4 Å². The quantitative estimate of drug-likeness (QED) is 0.210. The van der Waals surface area contributed by atoms with Crippen molar-refractivity contribution < 1.29 is 23.3 Å². The van der Waals surface area contributed by atoms with Crippen LogP contribution in [0, 0.1) is 22.9 Å². The van der Waals surface area contributed by atoms with Crippen LogP contribution in [0.2, 0.25) is 0 Å². The maximum Gasteiger partial charge on any atom is 0.270 e. The normalized spacial score (nSPS) is 15.2. The molecule has 10 heteroatoms. The molecule has 4 rings (SSSR count). The van der Waals surface area contributed by atoms with Crippen LogP contribution in [0.1, 0.15) is 11.3 Å². The molecule has 1 N–H and O–H groups in total. The Morgan fingerprint density at radius 3 is 2.50 bits per heavy atom. The Hall–Kier alpha value is -4.18. The number of rotatable bonds is 4. The Kier molecular flexibility index (Phi) is 5.37. The number of nitrogens with one attached hydrogen (secondary N) is 1. The Morgan fingerprint density at radius 2 is 1.84 bits per heavy atom. The van der Waals surface area contributed by atoms with Gasteiger partial charge in [-0.15, -0.1) is 0 Å². The van der Waals surface area contributed by atoms with Crippen molar-refractivity contribution in [3.63, 3.8) is 0 Å². The van der Waals surface area contributed by atoms with Crippen molar-refractivity contribution in [1.82, 2.24) is 5.32 Å². The number of carbonyl (C=O) groups is 2. The minimum absolute atomic E-state index is 0.0403. The zero-order valence-corrected chi connectivity index (χ0v) is 17.3. The van der Waals surface area contributed by atoms with Crippen LogP contribution in [-0.2, 0) is 9.59 Å². The first-order chi connectivity index (χ1) is 15.2. The number of thiocarbonyl (C=S) groups is 1. The fourth-order valence-corrected chi connectivity index (χ4v) is 3.52. The molecule has 1 aliphatic heterocycles. The third-order valence-corrected chi connectivity index (χ3v) is 5.07. The van der Waals surface area contributed by atoms with Crippen molar-refractivity contribution in [2.45, 2.75) is 6.92 Å². The standard InChI is InChI=1S/C22H14FN3O5S/c1-12-10-15(26(29)30)6-8-17(12)19-9-7-16(31-19)11-18-20(27)24-22(32)25(21(18)28)14-4-2-13(23)3-5-14/h2-11H,1H3,(H,24,27,32). The van der Waals surface area contributed by atoms with Gasteiger partial charge in [0, 0.05) is 17.7 Å². The van der Waals surface area contributed by atoms with Gasteiger partial charge >= 0.3 is 0 Å². The maximum absolute atomic E-state index is 13.2. The second-order valence-corrected chi connectivity index (χ2v) is 7.28. The molecule has 0 unspecified atom stereocenters. The van der Waals surface area contributed by atoms with Gasteiger partial charge in [-0.3, -0.25) is 29.9 Å². The zero-order chi connectivity index (χ0) is 23.0. The molecular weight excluding hydrogens is 437 g/mol. The van der Waals surface area contributed by atoms with E-state index in [1.807, 2.05) is 0 Å². The second kappa shape index (κ2) is 8.16. The lowest BCUT2D eigenvalue weighted by atomic mass is 10.1. The summed E-state index contributed by atoms with van der Waals surface area (Å²) in [5, 5.41) is 13.2. The molecule has 1 aromatic heterocycles. The van der Waals surface area contributed by atoms with Crippen LogP contribution in [0.5, 0.6) is 0 Å². The Labute approximate surface area is 186 Å². The molecule has 3 aromatic rings. The summed E-state index contributed by atoms with van der Waals surface area (Å²) in [5.74, 6) is -1.21. The lowest BCUT2D eigenvalue weighted by molar-refractivity contribution is -0.384. The average molecular weight is 451 g/mol. The van der Waals surface area contributed by atoms with Crippen molar-refractivity contribution in [3.8, 4) is 11.3 Å². The summed E-state index contributed by atoms with van der Waals surface area (Å²) in [6.07, 6.45) is 1.28. The van der Waals surface area contributed by atoms with E-state index in [0.717, 1.165) is 4.90 Å². The molecule has 0 radical (unpaired) electrons. The SMILES string of the molecule is Cc1cc([N+](=O)[O-])ccc1-c1ccc(C=C2C(=O)NC(=S)N(c3ccc(F)cc3)C2=O)o1. The van der Waals surface area contributed by atoms with Gasteiger partial charge in [0.2, 0.25) is 0 Å². The van der Waals surface area contributed by atoms with Crippen molar-refractivity contribution in [2.24, 2.45) is 0 Å². The average Bonchev–Trinajstić information content (AvgIpc) is 3.20. The zero-order valence-electron chi connectivity index (χ0n) is 16.5. The molecule has 2 heterocycles. The lowest BCUT2D eigenvalue weighted by Crippen LogP contribution is -2.54. The van der Waals surface area contributed by atoms with E-state index < -0.39 is 22.6 Å². The lowest BCUT2D eigenvalue weighted by Gasteiger charge is -2.28. The second-order valence-electron chi connectivity index (χ2n) is 6.89. The monoisotopic (exact) mass is 451 g/mol. The van der Waals surface area contributed by atoms with E-state index in [1.54, 1.807) is 25.1 Å². The van der Waals surface area contributed by atoms with Crippen molar-refractivity contribution in [2.75, 3.05) is 4.90 Å². The number of carbonyl (C=O) groups excluding carboxylic acids is 2. The molecule has 160 valence electrons. The van der Waals surface area contributed by atoms with E-state index in [2.05, 4.69) is 5.32 Å². The molecule has 0 saturated carbocycles. The number of nitro benzene ring substituents is 1. The number of halogens is 1. The summed E-state index contributed by atoms with van der Waals surface area (Å²) in [6, 6.07) is 12.7. The predicted octanol–water partition coefficient (Wildman–Crippen LogP) is 4.13. The number of hydrogen-bond acceptors (Lipinski definition) is 6. The number of nitro groups is 1. The van der Waals surface area contributed by atoms with Crippen LogP contribution in [0.15, 0.2) is 64.6 Å². The van der Waals surface area contributed by atoms with Gasteiger partial charge < -0.3 is 4.42 Å². The Balaban J connectivity index is 1.66. The highest BCUT2D eigenvalue weighted by molar-refractivity contribution is 7.80. The number of amides is 2. The van der Waals surface area contributed by atoms with Gasteiger partial charge in [0.1, 0.15) is 22.9 Å². The molecule has 2 amide bonds. The van der Waals surface area contributed by atoms with E-state index in [0.29, 0.717) is 22.6 Å². The van der Waals surface area contributed by atoms with E-state index in [-0.39, 0.29) is 22.1 Å². The molecule has 0 aliphatic carbocycles. The fraction of sp³-hybridized carbons (Fsp3) is 0.0455. The highest BCUT2D eigenvalue weighted by atomic mass is 32.1. The number of anilines is 1. The third-order valence-electron chi connectivity index (χ3n) is 4.79. The van der Waals surface area contributed by atoms with Gasteiger partial charge in [0.25, 0.3) is 17.5 Å². The van der Waals surface area contributed by atoms with Crippen LogP contribution in [0.3, 0.4) is 0 Å². The van der Waals surface area contributed by atoms with Gasteiger partial charge in [0.05, 0.1) is 10.6 Å². The molecular formula is C22H14FN3O5S. The van der Waals surface area contributed by atoms with E-state index in [1.165, 1.54) is 42.5 Å². The largest absolute Gasteiger partial charge is 0.457 e. The first-order valence-corrected chi connectivity index (χ1v) is 9.67. The van der Waals surface area contributed by atoms with E-state index in [4.69, 9.17) is 16.6 Å². The number of hydrogen-bond donors (Lipinski definition) is 1. The predicted molar refractivity (Wildman–Crippen MR) is 118 cm³/mol. The van der Waals surface area contributed by atoms with Gasteiger partial charge in [-0.05, 0) is 73.2 Å². The maximum atomic E-state index is 13.2. The smallest absolute Gasteiger partial charge is 0.270 e. The molecule has 1 saturated heterocycles. The third kappa shape index (κ3) is 3.91. The molecule has 32 heavy (non-hydrogen) atoms. The number of non-ortho nitro benzene ring substituents is 1. The highest BCUT2D eigenvalue weighted by Gasteiger charge is 2.34. The van der Waals surface area contributed by atoms with E-state index in [9.17, 15) is 24.1 Å². The van der Waals surface area contributed by atoms with Crippen LogP contribution < -0.4 is 10.2 Å². The molecule has 8 nitrogen and oxygen atoms in total. The first kappa shape index (κ1) is 21.1.